The lowest BCUT2D eigenvalue weighted by molar-refractivity contribution is -0.143. The van der Waals surface area contributed by atoms with Crippen LogP contribution in [0.1, 0.15) is 59.1 Å². The number of rotatable bonds is 10. The van der Waals surface area contributed by atoms with E-state index in [1.807, 2.05) is 0 Å². The summed E-state index contributed by atoms with van der Waals surface area (Å²) in [7, 11) is 1.38. The average Bonchev–Trinajstić information content (AvgIpc) is 3.27. The van der Waals surface area contributed by atoms with Gasteiger partial charge in [-0.25, -0.2) is 0 Å². The molecule has 1 saturated carbocycles. The first kappa shape index (κ1) is 30.6. The van der Waals surface area contributed by atoms with E-state index in [-0.39, 0.29) is 30.7 Å². The maximum atomic E-state index is 13.6. The van der Waals surface area contributed by atoms with Crippen LogP contribution in [0.2, 0.25) is 0 Å². The van der Waals surface area contributed by atoms with Gasteiger partial charge in [-0.05, 0) is 64.6 Å². The fourth-order valence-electron chi connectivity index (χ4n) is 4.44. The molecule has 0 atom stereocenters. The molecular formula is C26H26F9N5O. The number of hydrogen-bond acceptors (Lipinski definition) is 5. The fourth-order valence-corrected chi connectivity index (χ4v) is 4.44. The van der Waals surface area contributed by atoms with Crippen molar-refractivity contribution in [2.45, 2.75) is 63.9 Å². The first-order chi connectivity index (χ1) is 19.1. The van der Waals surface area contributed by atoms with Gasteiger partial charge >= 0.3 is 18.5 Å². The molecule has 0 unspecified atom stereocenters. The summed E-state index contributed by atoms with van der Waals surface area (Å²) in [6.45, 7) is -0.611. The molecule has 1 aromatic heterocycles. The molecule has 224 valence electrons. The van der Waals surface area contributed by atoms with E-state index in [2.05, 4.69) is 15.4 Å². The summed E-state index contributed by atoms with van der Waals surface area (Å²) < 4.78 is 127. The Bertz CT molecular complexity index is 1300. The van der Waals surface area contributed by atoms with Gasteiger partial charge in [-0.15, -0.1) is 5.10 Å². The van der Waals surface area contributed by atoms with Crippen LogP contribution in [0.3, 0.4) is 0 Å². The summed E-state index contributed by atoms with van der Waals surface area (Å²) in [5.41, 5.74) is -3.94. The van der Waals surface area contributed by atoms with Crippen LogP contribution in [0.4, 0.5) is 45.5 Å². The standard InChI is InChI=1S/C26H26F9N5O/c1-39-37-23(36-38-39)40(13-17-9-21(25(30,31)32)12-22(10-17)26(33,34)35)14-19-11-20(24(27,28)29)6-5-18(19)15-41-8-7-16-3-2-4-16/h5-6,9-12,16H,2-4,7-8,13-15H2,1H3. The first-order valence-corrected chi connectivity index (χ1v) is 12.6. The molecule has 4 rings (SSSR count). The van der Waals surface area contributed by atoms with Gasteiger partial charge in [0.15, 0.2) is 0 Å². The van der Waals surface area contributed by atoms with Gasteiger partial charge in [0.25, 0.3) is 5.95 Å². The second-order valence-corrected chi connectivity index (χ2v) is 9.97. The van der Waals surface area contributed by atoms with Crippen molar-refractivity contribution in [2.24, 2.45) is 13.0 Å². The third kappa shape index (κ3) is 8.11. The van der Waals surface area contributed by atoms with E-state index in [1.54, 1.807) is 0 Å². The zero-order valence-electron chi connectivity index (χ0n) is 21.7. The Hall–Kier alpha value is -3.36. The SMILES string of the molecule is Cn1nnc(N(Cc2cc(C(F)(F)F)cc(C(F)(F)F)c2)Cc2cc(C(F)(F)F)ccc2COCCC2CCC2)n1. The maximum Gasteiger partial charge on any atom is 0.416 e. The number of tetrazole rings is 1. The second kappa shape index (κ2) is 11.9. The van der Waals surface area contributed by atoms with Gasteiger partial charge in [-0.2, -0.15) is 44.3 Å². The summed E-state index contributed by atoms with van der Waals surface area (Å²) in [6, 6.07) is 4.11. The summed E-state index contributed by atoms with van der Waals surface area (Å²) in [4.78, 5) is 2.17. The Morgan fingerprint density at radius 1 is 0.829 bits per heavy atom. The number of halogens is 9. The number of nitrogens with zero attached hydrogens (tertiary/aromatic N) is 5. The Balaban J connectivity index is 1.68. The number of benzene rings is 2. The molecule has 2 aromatic carbocycles. The van der Waals surface area contributed by atoms with Crippen LogP contribution in [-0.2, 0) is 50.0 Å². The fraction of sp³-hybridized carbons (Fsp3) is 0.500. The smallest absolute Gasteiger partial charge is 0.377 e. The minimum Gasteiger partial charge on any atom is -0.377 e. The van der Waals surface area contributed by atoms with Crippen LogP contribution >= 0.6 is 0 Å². The summed E-state index contributed by atoms with van der Waals surface area (Å²) >= 11 is 0. The lowest BCUT2D eigenvalue weighted by Gasteiger charge is -2.25. The minimum atomic E-state index is -5.07. The Labute approximate surface area is 229 Å². The van der Waals surface area contributed by atoms with Crippen molar-refractivity contribution in [2.75, 3.05) is 11.5 Å². The molecule has 0 N–H and O–H groups in total. The topological polar surface area (TPSA) is 56.1 Å². The zero-order chi connectivity index (χ0) is 30.0. The molecule has 15 heteroatoms. The van der Waals surface area contributed by atoms with E-state index in [0.29, 0.717) is 30.2 Å². The van der Waals surface area contributed by atoms with Crippen LogP contribution in [-0.4, -0.2) is 26.8 Å². The average molecular weight is 596 g/mol. The molecule has 0 spiro atoms. The number of alkyl halides is 9. The highest BCUT2D eigenvalue weighted by Gasteiger charge is 2.37. The summed E-state index contributed by atoms with van der Waals surface area (Å²) in [5, 5.41) is 11.4. The first-order valence-electron chi connectivity index (χ1n) is 12.6. The van der Waals surface area contributed by atoms with Crippen LogP contribution in [0.15, 0.2) is 36.4 Å². The number of ether oxygens (including phenoxy) is 1. The molecule has 0 aliphatic heterocycles. The molecular weight excluding hydrogens is 569 g/mol. The highest BCUT2D eigenvalue weighted by atomic mass is 19.4. The van der Waals surface area contributed by atoms with E-state index in [0.717, 1.165) is 47.5 Å². The lowest BCUT2D eigenvalue weighted by Crippen LogP contribution is -2.25. The third-order valence-electron chi connectivity index (χ3n) is 6.85. The van der Waals surface area contributed by atoms with Crippen molar-refractivity contribution in [1.29, 1.82) is 0 Å². The van der Waals surface area contributed by atoms with Crippen LogP contribution < -0.4 is 4.90 Å². The third-order valence-corrected chi connectivity index (χ3v) is 6.85. The predicted molar refractivity (Wildman–Crippen MR) is 128 cm³/mol. The quantitative estimate of drug-likeness (QED) is 0.184. The molecule has 1 heterocycles. The van der Waals surface area contributed by atoms with Gasteiger partial charge in [-0.3, -0.25) is 0 Å². The van der Waals surface area contributed by atoms with E-state index in [9.17, 15) is 39.5 Å². The molecule has 3 aromatic rings. The second-order valence-electron chi connectivity index (χ2n) is 9.97. The molecule has 0 bridgehead atoms. The van der Waals surface area contributed by atoms with Gasteiger partial charge in [0.2, 0.25) is 0 Å². The molecule has 1 fully saturated rings. The Morgan fingerprint density at radius 3 is 1.98 bits per heavy atom. The number of hydrogen-bond donors (Lipinski definition) is 0. The minimum absolute atomic E-state index is 0.000266. The van der Waals surface area contributed by atoms with Crippen LogP contribution in [0, 0.1) is 5.92 Å². The lowest BCUT2D eigenvalue weighted by atomic mass is 9.83. The van der Waals surface area contributed by atoms with E-state index in [1.165, 1.54) is 13.1 Å². The number of anilines is 1. The normalized spacial score (nSPS) is 14.8. The molecule has 1 aliphatic carbocycles. The maximum absolute atomic E-state index is 13.6. The van der Waals surface area contributed by atoms with E-state index in [4.69, 9.17) is 4.74 Å². The Kier molecular flexibility index (Phi) is 8.85. The molecule has 41 heavy (non-hydrogen) atoms. The monoisotopic (exact) mass is 595 g/mol. The van der Waals surface area contributed by atoms with Crippen molar-refractivity contribution in [3.8, 4) is 0 Å². The summed E-state index contributed by atoms with van der Waals surface area (Å²) in [5.74, 6) is 0.349. The van der Waals surface area contributed by atoms with Crippen molar-refractivity contribution < 1.29 is 44.3 Å². The number of aromatic nitrogens is 4. The molecule has 1 aliphatic rings. The molecule has 0 radical (unpaired) electrons. The van der Waals surface area contributed by atoms with Crippen molar-refractivity contribution >= 4 is 5.95 Å². The Morgan fingerprint density at radius 2 is 1.46 bits per heavy atom. The van der Waals surface area contributed by atoms with Crippen molar-refractivity contribution in [3.05, 3.63) is 69.8 Å². The summed E-state index contributed by atoms with van der Waals surface area (Å²) in [6.07, 6.45) is -10.7. The van der Waals surface area contributed by atoms with Crippen LogP contribution in [0.5, 0.6) is 0 Å². The van der Waals surface area contributed by atoms with Gasteiger partial charge < -0.3 is 9.64 Å². The highest BCUT2D eigenvalue weighted by molar-refractivity contribution is 5.41. The molecule has 6 nitrogen and oxygen atoms in total. The van der Waals surface area contributed by atoms with Crippen LogP contribution in [0.25, 0.3) is 0 Å². The highest BCUT2D eigenvalue weighted by Crippen LogP contribution is 2.37. The zero-order valence-corrected chi connectivity index (χ0v) is 21.7. The predicted octanol–water partition coefficient (Wildman–Crippen LogP) is 7.18. The molecule has 0 amide bonds. The van der Waals surface area contributed by atoms with Gasteiger partial charge in [0, 0.05) is 19.7 Å². The van der Waals surface area contributed by atoms with Crippen molar-refractivity contribution in [3.63, 3.8) is 0 Å². The number of aryl methyl sites for hydroxylation is 1. The van der Waals surface area contributed by atoms with E-state index < -0.39 is 47.3 Å². The van der Waals surface area contributed by atoms with Gasteiger partial charge in [0.05, 0.1) is 30.3 Å². The molecule has 0 saturated heterocycles. The van der Waals surface area contributed by atoms with Gasteiger partial charge in [0.1, 0.15) is 0 Å². The largest absolute Gasteiger partial charge is 0.416 e. The van der Waals surface area contributed by atoms with Gasteiger partial charge in [-0.1, -0.05) is 30.4 Å². The van der Waals surface area contributed by atoms with Crippen molar-refractivity contribution in [1.82, 2.24) is 20.2 Å². The van der Waals surface area contributed by atoms with E-state index >= 15 is 0 Å².